The van der Waals surface area contributed by atoms with Gasteiger partial charge in [-0.3, -0.25) is 18.7 Å². The summed E-state index contributed by atoms with van der Waals surface area (Å²) in [4.78, 5) is 31.4. The minimum atomic E-state index is -0.388. The first-order valence-electron chi connectivity index (χ1n) is 11.7. The zero-order chi connectivity index (χ0) is 23.2. The summed E-state index contributed by atoms with van der Waals surface area (Å²) in [6.45, 7) is 4.33. The van der Waals surface area contributed by atoms with Crippen LogP contribution in [0.4, 0.5) is 4.39 Å². The molecule has 1 aromatic carbocycles. The van der Waals surface area contributed by atoms with Gasteiger partial charge in [0.1, 0.15) is 24.4 Å². The zero-order valence-electron chi connectivity index (χ0n) is 18.7. The molecular weight excluding hydrogens is 441 g/mol. The molecule has 0 radical (unpaired) electrons. The van der Waals surface area contributed by atoms with Crippen molar-refractivity contribution >= 4 is 11.2 Å². The highest BCUT2D eigenvalue weighted by atomic mass is 19.1. The summed E-state index contributed by atoms with van der Waals surface area (Å²) in [5.41, 5.74) is 1.85. The van der Waals surface area contributed by atoms with E-state index in [0.717, 1.165) is 31.5 Å². The quantitative estimate of drug-likeness (QED) is 0.605. The molecule has 5 heterocycles. The van der Waals surface area contributed by atoms with Crippen molar-refractivity contribution in [2.45, 2.75) is 38.0 Å². The molecule has 10 heteroatoms. The average Bonchev–Trinajstić information content (AvgIpc) is 3.24. The Kier molecular flexibility index (Phi) is 5.34. The van der Waals surface area contributed by atoms with Crippen LogP contribution >= 0.6 is 0 Å². The number of piperidine rings is 1. The first kappa shape index (κ1) is 21.3. The average molecular weight is 468 g/mol. The molecule has 2 aromatic heterocycles. The molecule has 0 amide bonds. The highest BCUT2D eigenvalue weighted by Gasteiger charge is 2.29. The van der Waals surface area contributed by atoms with E-state index in [2.05, 4.69) is 15.2 Å². The van der Waals surface area contributed by atoms with Crippen molar-refractivity contribution in [1.29, 1.82) is 0 Å². The molecular formula is C24H26FN5O4. The lowest BCUT2D eigenvalue weighted by molar-refractivity contribution is 0.163. The van der Waals surface area contributed by atoms with Gasteiger partial charge >= 0.3 is 0 Å². The SMILES string of the molecule is O=c1cnc2ccc(=O)n3c2n1C[C@H]3CN1CCC(NCc2cc(F)c3c(c2)OCCO3)CC1. The summed E-state index contributed by atoms with van der Waals surface area (Å²) >= 11 is 0. The Bertz CT molecular complexity index is 1360. The Morgan fingerprint density at radius 3 is 2.76 bits per heavy atom. The number of aromatic nitrogens is 3. The van der Waals surface area contributed by atoms with Crippen LogP contribution in [0.1, 0.15) is 24.4 Å². The number of rotatable bonds is 5. The van der Waals surface area contributed by atoms with Gasteiger partial charge in [-0.15, -0.1) is 0 Å². The smallest absolute Gasteiger partial charge is 0.270 e. The van der Waals surface area contributed by atoms with Crippen molar-refractivity contribution < 1.29 is 13.9 Å². The van der Waals surface area contributed by atoms with Crippen LogP contribution in [0.3, 0.4) is 0 Å². The van der Waals surface area contributed by atoms with Crippen LogP contribution in [0.2, 0.25) is 0 Å². The predicted molar refractivity (Wildman–Crippen MR) is 123 cm³/mol. The number of hydrogen-bond acceptors (Lipinski definition) is 7. The molecule has 0 bridgehead atoms. The number of fused-ring (bicyclic) bond motifs is 1. The van der Waals surface area contributed by atoms with Gasteiger partial charge in [0.05, 0.1) is 12.2 Å². The monoisotopic (exact) mass is 467 g/mol. The van der Waals surface area contributed by atoms with E-state index in [1.54, 1.807) is 15.2 Å². The normalized spacial score (nSPS) is 20.2. The number of likely N-dealkylation sites (tertiary alicyclic amines) is 1. The molecule has 3 aliphatic heterocycles. The highest BCUT2D eigenvalue weighted by molar-refractivity contribution is 5.71. The van der Waals surface area contributed by atoms with Crippen LogP contribution in [-0.2, 0) is 13.1 Å². The van der Waals surface area contributed by atoms with Crippen molar-refractivity contribution in [3.63, 3.8) is 0 Å². The fourth-order valence-corrected chi connectivity index (χ4v) is 5.31. The first-order valence-corrected chi connectivity index (χ1v) is 11.7. The van der Waals surface area contributed by atoms with E-state index >= 15 is 0 Å². The molecule has 9 nitrogen and oxygen atoms in total. The molecule has 1 fully saturated rings. The van der Waals surface area contributed by atoms with Crippen molar-refractivity contribution in [1.82, 2.24) is 24.3 Å². The van der Waals surface area contributed by atoms with Crippen LogP contribution < -0.4 is 25.9 Å². The minimum Gasteiger partial charge on any atom is -0.486 e. The van der Waals surface area contributed by atoms with Gasteiger partial charge in [0.25, 0.3) is 11.1 Å². The third-order valence-electron chi connectivity index (χ3n) is 6.98. The van der Waals surface area contributed by atoms with Gasteiger partial charge in [0.2, 0.25) is 0 Å². The third-order valence-corrected chi connectivity index (χ3v) is 6.98. The molecule has 0 aliphatic carbocycles. The van der Waals surface area contributed by atoms with Crippen LogP contribution in [0.5, 0.6) is 11.5 Å². The molecule has 3 aliphatic rings. The van der Waals surface area contributed by atoms with Crippen molar-refractivity contribution in [2.75, 3.05) is 32.8 Å². The number of halogens is 1. The van der Waals surface area contributed by atoms with Crippen LogP contribution in [-0.4, -0.2) is 57.9 Å². The Morgan fingerprint density at radius 1 is 1.09 bits per heavy atom. The second kappa shape index (κ2) is 8.52. The van der Waals surface area contributed by atoms with Gasteiger partial charge in [-0.2, -0.15) is 0 Å². The van der Waals surface area contributed by atoms with E-state index < -0.39 is 0 Å². The van der Waals surface area contributed by atoms with Crippen LogP contribution in [0.25, 0.3) is 11.2 Å². The van der Waals surface area contributed by atoms with Gasteiger partial charge in [0, 0.05) is 31.7 Å². The summed E-state index contributed by atoms with van der Waals surface area (Å²) in [7, 11) is 0. The molecule has 1 atom stereocenters. The lowest BCUT2D eigenvalue weighted by Gasteiger charge is -2.34. The maximum absolute atomic E-state index is 14.3. The number of pyridine rings is 1. The molecule has 0 spiro atoms. The second-order valence-corrected chi connectivity index (χ2v) is 9.17. The van der Waals surface area contributed by atoms with E-state index in [1.807, 2.05) is 6.07 Å². The van der Waals surface area contributed by atoms with E-state index in [-0.39, 0.29) is 28.7 Å². The highest BCUT2D eigenvalue weighted by Crippen LogP contribution is 2.34. The number of nitrogens with zero attached hydrogens (tertiary/aromatic N) is 4. The van der Waals surface area contributed by atoms with E-state index in [0.29, 0.717) is 55.8 Å². The zero-order valence-corrected chi connectivity index (χ0v) is 18.7. The number of benzene rings is 1. The first-order chi connectivity index (χ1) is 16.6. The van der Waals surface area contributed by atoms with Gasteiger partial charge in [-0.25, -0.2) is 9.37 Å². The Balaban J connectivity index is 1.07. The number of ether oxygens (including phenoxy) is 2. The van der Waals surface area contributed by atoms with E-state index in [1.165, 1.54) is 18.3 Å². The lowest BCUT2D eigenvalue weighted by atomic mass is 10.0. The largest absolute Gasteiger partial charge is 0.486 e. The molecule has 34 heavy (non-hydrogen) atoms. The molecule has 3 aromatic rings. The number of hydrogen-bond donors (Lipinski definition) is 1. The maximum atomic E-state index is 14.3. The Morgan fingerprint density at radius 2 is 1.91 bits per heavy atom. The van der Waals surface area contributed by atoms with Crippen LogP contribution in [0.15, 0.2) is 40.1 Å². The van der Waals surface area contributed by atoms with Gasteiger partial charge in [-0.1, -0.05) is 0 Å². The summed E-state index contributed by atoms with van der Waals surface area (Å²) in [5.74, 6) is 0.279. The van der Waals surface area contributed by atoms with Gasteiger partial charge in [0.15, 0.2) is 17.3 Å². The molecule has 0 saturated carbocycles. The summed E-state index contributed by atoms with van der Waals surface area (Å²) in [5, 5.41) is 3.53. The Labute approximate surface area is 194 Å². The number of nitrogens with one attached hydrogen (secondary N) is 1. The summed E-state index contributed by atoms with van der Waals surface area (Å²) in [6.07, 6.45) is 3.23. The minimum absolute atomic E-state index is 0.0849. The summed E-state index contributed by atoms with van der Waals surface area (Å²) in [6, 6.07) is 6.79. The van der Waals surface area contributed by atoms with Gasteiger partial charge in [-0.05, 0) is 49.7 Å². The molecule has 1 saturated heterocycles. The van der Waals surface area contributed by atoms with Crippen LogP contribution in [0, 0.1) is 5.82 Å². The molecule has 6 rings (SSSR count). The van der Waals surface area contributed by atoms with E-state index in [9.17, 15) is 14.0 Å². The van der Waals surface area contributed by atoms with Gasteiger partial charge < -0.3 is 19.7 Å². The topological polar surface area (TPSA) is 90.6 Å². The van der Waals surface area contributed by atoms with E-state index in [4.69, 9.17) is 9.47 Å². The predicted octanol–water partition coefficient (Wildman–Crippen LogP) is 1.28. The fraction of sp³-hybridized carbons (Fsp3) is 0.458. The maximum Gasteiger partial charge on any atom is 0.270 e. The lowest BCUT2D eigenvalue weighted by Crippen LogP contribution is -2.44. The summed E-state index contributed by atoms with van der Waals surface area (Å²) < 4.78 is 28.6. The van der Waals surface area contributed by atoms with Crippen molar-refractivity contribution in [2.24, 2.45) is 0 Å². The third kappa shape index (κ3) is 3.76. The fourth-order valence-electron chi connectivity index (χ4n) is 5.31. The molecule has 0 unspecified atom stereocenters. The Hall–Kier alpha value is -3.24. The van der Waals surface area contributed by atoms with Crippen molar-refractivity contribution in [3.8, 4) is 11.5 Å². The molecule has 178 valence electrons. The standard InChI is InChI=1S/C24H26FN5O4/c25-18-9-15(10-20-23(18)34-8-7-33-20)11-26-16-3-5-28(6-4-16)13-17-14-29-22(32)12-27-19-1-2-21(31)30(17)24(19)29/h1-2,9-10,12,16-17,26H,3-8,11,13-14H2/t17-/m1/s1. The molecule has 1 N–H and O–H groups in total. The van der Waals surface area contributed by atoms with Crippen molar-refractivity contribution in [3.05, 3.63) is 62.6 Å². The second-order valence-electron chi connectivity index (χ2n) is 9.17.